The Morgan fingerprint density at radius 3 is 2.87 bits per heavy atom. The molecule has 3 rings (SSSR count). The lowest BCUT2D eigenvalue weighted by atomic mass is 9.97. The molecule has 1 saturated heterocycles. The topological polar surface area (TPSA) is 37.2 Å². The van der Waals surface area contributed by atoms with Gasteiger partial charge >= 0.3 is 0 Å². The molecule has 3 heterocycles. The van der Waals surface area contributed by atoms with Crippen LogP contribution in [0, 0.1) is 6.92 Å². The van der Waals surface area contributed by atoms with Crippen molar-refractivity contribution in [2.75, 3.05) is 38.6 Å². The Morgan fingerprint density at radius 1 is 1.26 bits per heavy atom. The molecule has 1 aliphatic heterocycles. The van der Waals surface area contributed by atoms with Gasteiger partial charge in [0, 0.05) is 50.7 Å². The largest absolute Gasteiger partial charge is 0.356 e. The third kappa shape index (κ3) is 3.91. The summed E-state index contributed by atoms with van der Waals surface area (Å²) < 4.78 is 2.32. The smallest absolute Gasteiger partial charge is 0.128 e. The molecule has 0 N–H and O–H groups in total. The second kappa shape index (κ2) is 7.13. The Hall–Kier alpha value is -1.88. The van der Waals surface area contributed by atoms with E-state index in [1.807, 2.05) is 12.4 Å². The lowest BCUT2D eigenvalue weighted by molar-refractivity contribution is 0.373. The van der Waals surface area contributed by atoms with Gasteiger partial charge in [-0.25, -0.2) is 9.97 Å². The number of aryl methyl sites for hydroxylation is 1. The highest BCUT2D eigenvalue weighted by atomic mass is 15.2. The summed E-state index contributed by atoms with van der Waals surface area (Å²) in [5, 5.41) is 0. The first-order valence-electron chi connectivity index (χ1n) is 8.47. The van der Waals surface area contributed by atoms with Crippen LogP contribution in [-0.4, -0.2) is 53.2 Å². The van der Waals surface area contributed by atoms with Gasteiger partial charge in [0.25, 0.3) is 0 Å². The fourth-order valence-corrected chi connectivity index (χ4v) is 3.22. The minimum Gasteiger partial charge on any atom is -0.356 e. The average molecular weight is 313 g/mol. The second-order valence-corrected chi connectivity index (χ2v) is 6.76. The van der Waals surface area contributed by atoms with Crippen LogP contribution in [0.2, 0.25) is 0 Å². The number of anilines is 1. The van der Waals surface area contributed by atoms with Crippen LogP contribution in [0.3, 0.4) is 0 Å². The number of rotatable bonds is 5. The lowest BCUT2D eigenvalue weighted by Gasteiger charge is -2.33. The van der Waals surface area contributed by atoms with Crippen molar-refractivity contribution < 1.29 is 0 Å². The molecule has 0 radical (unpaired) electrons. The van der Waals surface area contributed by atoms with E-state index in [9.17, 15) is 0 Å². The third-order valence-corrected chi connectivity index (χ3v) is 4.54. The zero-order valence-electron chi connectivity index (χ0n) is 14.4. The van der Waals surface area contributed by atoms with Crippen molar-refractivity contribution in [3.63, 3.8) is 0 Å². The maximum atomic E-state index is 4.66. The van der Waals surface area contributed by atoms with Crippen molar-refractivity contribution in [2.24, 2.45) is 0 Å². The monoisotopic (exact) mass is 313 g/mol. The summed E-state index contributed by atoms with van der Waals surface area (Å²) in [7, 11) is 4.23. The molecule has 5 nitrogen and oxygen atoms in total. The van der Waals surface area contributed by atoms with Crippen molar-refractivity contribution in [1.82, 2.24) is 19.4 Å². The van der Waals surface area contributed by atoms with Gasteiger partial charge in [-0.15, -0.1) is 0 Å². The van der Waals surface area contributed by atoms with Crippen LogP contribution in [0.25, 0.3) is 0 Å². The van der Waals surface area contributed by atoms with Crippen LogP contribution in [0.1, 0.15) is 30.1 Å². The first-order valence-corrected chi connectivity index (χ1v) is 8.47. The van der Waals surface area contributed by atoms with Crippen molar-refractivity contribution in [3.8, 4) is 0 Å². The number of piperidine rings is 1. The molecular formula is C18H27N5. The number of likely N-dealkylation sites (N-methyl/N-ethyl adjacent to an activating group) is 1. The van der Waals surface area contributed by atoms with Crippen molar-refractivity contribution in [3.05, 3.63) is 42.1 Å². The van der Waals surface area contributed by atoms with E-state index in [-0.39, 0.29) is 0 Å². The molecule has 5 heteroatoms. The normalized spacial score (nSPS) is 18.6. The summed E-state index contributed by atoms with van der Waals surface area (Å²) in [6, 6.07) is 4.28. The predicted octanol–water partition coefficient (Wildman–Crippen LogP) is 2.53. The van der Waals surface area contributed by atoms with Gasteiger partial charge in [0.05, 0.1) is 0 Å². The lowest BCUT2D eigenvalue weighted by Crippen LogP contribution is -2.36. The van der Waals surface area contributed by atoms with Gasteiger partial charge in [0.1, 0.15) is 11.6 Å². The second-order valence-electron chi connectivity index (χ2n) is 6.76. The highest BCUT2D eigenvalue weighted by Gasteiger charge is 2.25. The fraction of sp³-hybridized carbons (Fsp3) is 0.556. The van der Waals surface area contributed by atoms with Gasteiger partial charge in [-0.2, -0.15) is 0 Å². The van der Waals surface area contributed by atoms with Crippen LogP contribution in [0.4, 0.5) is 5.82 Å². The number of imidazole rings is 1. The molecule has 1 aliphatic rings. The zero-order valence-corrected chi connectivity index (χ0v) is 14.4. The Morgan fingerprint density at radius 2 is 2.13 bits per heavy atom. The summed E-state index contributed by atoms with van der Waals surface area (Å²) >= 11 is 0. The van der Waals surface area contributed by atoms with E-state index >= 15 is 0 Å². The number of hydrogen-bond donors (Lipinski definition) is 0. The van der Waals surface area contributed by atoms with Crippen LogP contribution in [0.15, 0.2) is 30.7 Å². The molecule has 0 amide bonds. The van der Waals surface area contributed by atoms with Crippen LogP contribution in [-0.2, 0) is 6.54 Å². The summed E-state index contributed by atoms with van der Waals surface area (Å²) in [6.45, 7) is 6.22. The molecule has 1 fully saturated rings. The molecule has 0 aliphatic carbocycles. The van der Waals surface area contributed by atoms with Gasteiger partial charge in [0.15, 0.2) is 0 Å². The molecule has 1 atom stereocenters. The maximum absolute atomic E-state index is 4.66. The molecule has 2 aromatic heterocycles. The Labute approximate surface area is 139 Å². The molecule has 23 heavy (non-hydrogen) atoms. The van der Waals surface area contributed by atoms with Gasteiger partial charge in [0.2, 0.25) is 0 Å². The third-order valence-electron chi connectivity index (χ3n) is 4.54. The van der Waals surface area contributed by atoms with E-state index in [1.54, 1.807) is 0 Å². The minimum atomic E-state index is 0.490. The highest BCUT2D eigenvalue weighted by Crippen LogP contribution is 2.28. The van der Waals surface area contributed by atoms with E-state index in [0.717, 1.165) is 32.0 Å². The van der Waals surface area contributed by atoms with Gasteiger partial charge in [-0.05, 0) is 45.5 Å². The number of pyridine rings is 1. The number of hydrogen-bond acceptors (Lipinski definition) is 4. The molecule has 0 spiro atoms. The highest BCUT2D eigenvalue weighted by molar-refractivity contribution is 5.40. The first-order chi connectivity index (χ1) is 11.1. The SMILES string of the molecule is Cc1ccc(N2CCCC(c3nccn3CCN(C)C)C2)nc1. The fourth-order valence-electron chi connectivity index (χ4n) is 3.22. The van der Waals surface area contributed by atoms with Gasteiger partial charge in [-0.3, -0.25) is 0 Å². The van der Waals surface area contributed by atoms with E-state index < -0.39 is 0 Å². The quantitative estimate of drug-likeness (QED) is 0.850. The summed E-state index contributed by atoms with van der Waals surface area (Å²) in [4.78, 5) is 13.9. The first kappa shape index (κ1) is 16.0. The maximum Gasteiger partial charge on any atom is 0.128 e. The van der Waals surface area contributed by atoms with E-state index in [4.69, 9.17) is 0 Å². The zero-order chi connectivity index (χ0) is 16.2. The van der Waals surface area contributed by atoms with Crippen molar-refractivity contribution in [2.45, 2.75) is 32.2 Å². The summed E-state index contributed by atoms with van der Waals surface area (Å²) in [6.07, 6.45) is 8.41. The molecular weight excluding hydrogens is 286 g/mol. The van der Waals surface area contributed by atoms with Crippen LogP contribution < -0.4 is 4.90 Å². The van der Waals surface area contributed by atoms with Crippen molar-refractivity contribution >= 4 is 5.82 Å². The van der Waals surface area contributed by atoms with E-state index in [2.05, 4.69) is 63.7 Å². The van der Waals surface area contributed by atoms with E-state index in [0.29, 0.717) is 5.92 Å². The molecule has 0 bridgehead atoms. The van der Waals surface area contributed by atoms with Crippen LogP contribution in [0.5, 0.6) is 0 Å². The molecule has 1 unspecified atom stereocenters. The Balaban J connectivity index is 1.71. The van der Waals surface area contributed by atoms with Crippen molar-refractivity contribution in [1.29, 1.82) is 0 Å². The average Bonchev–Trinajstić information content (AvgIpc) is 3.02. The summed E-state index contributed by atoms with van der Waals surface area (Å²) in [5.41, 5.74) is 1.21. The minimum absolute atomic E-state index is 0.490. The van der Waals surface area contributed by atoms with Gasteiger partial charge < -0.3 is 14.4 Å². The number of aromatic nitrogens is 3. The number of nitrogens with zero attached hydrogens (tertiary/aromatic N) is 5. The molecule has 0 aromatic carbocycles. The Bertz CT molecular complexity index is 617. The predicted molar refractivity (Wildman–Crippen MR) is 93.9 cm³/mol. The molecule has 124 valence electrons. The molecule has 0 saturated carbocycles. The van der Waals surface area contributed by atoms with Gasteiger partial charge in [-0.1, -0.05) is 6.07 Å². The van der Waals surface area contributed by atoms with Crippen LogP contribution >= 0.6 is 0 Å². The standard InChI is InChI=1S/C18H27N5/c1-15-6-7-17(20-13-15)23-9-4-5-16(14-23)18-19-8-10-22(18)12-11-21(2)3/h6-8,10,13,16H,4-5,9,11-12,14H2,1-3H3. The molecule has 2 aromatic rings. The summed E-state index contributed by atoms with van der Waals surface area (Å²) in [5.74, 6) is 2.80. The Kier molecular flexibility index (Phi) is 4.96. The van der Waals surface area contributed by atoms with E-state index in [1.165, 1.54) is 24.2 Å².